The molecule has 0 bridgehead atoms. The van der Waals surface area contributed by atoms with Crippen molar-refractivity contribution in [3.8, 4) is 5.75 Å². The van der Waals surface area contributed by atoms with Gasteiger partial charge in [-0.05, 0) is 24.1 Å². The Morgan fingerprint density at radius 3 is 2.25 bits per heavy atom. The van der Waals surface area contributed by atoms with Crippen LogP contribution in [0.4, 0.5) is 13.2 Å². The third-order valence-corrected chi connectivity index (χ3v) is 3.38. The van der Waals surface area contributed by atoms with Gasteiger partial charge in [-0.25, -0.2) is 0 Å². The van der Waals surface area contributed by atoms with Crippen molar-refractivity contribution in [3.05, 3.63) is 42.2 Å². The summed E-state index contributed by atoms with van der Waals surface area (Å²) >= 11 is 0. The molecule has 20 heavy (non-hydrogen) atoms. The second-order valence-electron chi connectivity index (χ2n) is 3.87. The number of alkyl halides is 3. The number of rotatable bonds is 6. The second kappa shape index (κ2) is 6.17. The SMILES string of the molecule is C=C(CCc1ccc(OC)cc1)OS(=O)(=O)C(F)(F)F. The summed E-state index contributed by atoms with van der Waals surface area (Å²) in [6.07, 6.45) is 0.262. The van der Waals surface area contributed by atoms with Crippen molar-refractivity contribution < 1.29 is 30.5 Å². The van der Waals surface area contributed by atoms with Gasteiger partial charge in [0.05, 0.1) is 7.11 Å². The number of benzene rings is 1. The van der Waals surface area contributed by atoms with Crippen LogP contribution in [-0.2, 0) is 20.7 Å². The molecule has 0 saturated heterocycles. The summed E-state index contributed by atoms with van der Waals surface area (Å²) in [5, 5.41) is 0. The van der Waals surface area contributed by atoms with E-state index in [4.69, 9.17) is 4.74 Å². The summed E-state index contributed by atoms with van der Waals surface area (Å²) in [6, 6.07) is 6.80. The number of allylic oxidation sites excluding steroid dienone is 1. The van der Waals surface area contributed by atoms with Gasteiger partial charge in [-0.3, -0.25) is 0 Å². The molecule has 0 amide bonds. The lowest BCUT2D eigenvalue weighted by molar-refractivity contribution is -0.0523. The monoisotopic (exact) mass is 310 g/mol. The molecule has 0 N–H and O–H groups in total. The number of ether oxygens (including phenoxy) is 1. The molecule has 0 saturated carbocycles. The Morgan fingerprint density at radius 1 is 1.25 bits per heavy atom. The quantitative estimate of drug-likeness (QED) is 0.460. The van der Waals surface area contributed by atoms with Gasteiger partial charge in [0.2, 0.25) is 0 Å². The lowest BCUT2D eigenvalue weighted by Crippen LogP contribution is -2.25. The van der Waals surface area contributed by atoms with Gasteiger partial charge in [-0.2, -0.15) is 21.6 Å². The minimum Gasteiger partial charge on any atom is -0.497 e. The van der Waals surface area contributed by atoms with Crippen LogP contribution in [0, 0.1) is 0 Å². The van der Waals surface area contributed by atoms with Crippen molar-refractivity contribution in [1.29, 1.82) is 0 Å². The first kappa shape index (κ1) is 16.4. The zero-order valence-electron chi connectivity index (χ0n) is 10.6. The lowest BCUT2D eigenvalue weighted by atomic mass is 10.1. The van der Waals surface area contributed by atoms with E-state index >= 15 is 0 Å². The van der Waals surface area contributed by atoms with E-state index < -0.39 is 21.4 Å². The largest absolute Gasteiger partial charge is 0.534 e. The van der Waals surface area contributed by atoms with Crippen molar-refractivity contribution in [2.45, 2.75) is 18.3 Å². The molecule has 112 valence electrons. The fourth-order valence-corrected chi connectivity index (χ4v) is 1.81. The van der Waals surface area contributed by atoms with E-state index in [9.17, 15) is 21.6 Å². The fourth-order valence-electron chi connectivity index (χ4n) is 1.32. The van der Waals surface area contributed by atoms with Crippen LogP contribution in [0.2, 0.25) is 0 Å². The standard InChI is InChI=1S/C12H13F3O4S/c1-9(19-20(16,17)12(13,14)15)3-4-10-5-7-11(18-2)8-6-10/h5-8H,1,3-4H2,2H3. The molecule has 0 aliphatic carbocycles. The van der Waals surface area contributed by atoms with Crippen LogP contribution in [0.25, 0.3) is 0 Å². The van der Waals surface area contributed by atoms with Gasteiger partial charge in [-0.1, -0.05) is 18.7 Å². The van der Waals surface area contributed by atoms with Crippen molar-refractivity contribution in [2.24, 2.45) is 0 Å². The smallest absolute Gasteiger partial charge is 0.497 e. The molecule has 0 aliphatic rings. The molecule has 4 nitrogen and oxygen atoms in total. The zero-order valence-corrected chi connectivity index (χ0v) is 11.4. The molecule has 0 spiro atoms. The van der Waals surface area contributed by atoms with Crippen LogP contribution in [0.1, 0.15) is 12.0 Å². The van der Waals surface area contributed by atoms with Gasteiger partial charge >= 0.3 is 15.6 Å². The first-order valence-electron chi connectivity index (χ1n) is 5.47. The molecular weight excluding hydrogens is 297 g/mol. The van der Waals surface area contributed by atoms with Crippen LogP contribution < -0.4 is 4.74 Å². The van der Waals surface area contributed by atoms with Crippen molar-refractivity contribution in [1.82, 2.24) is 0 Å². The van der Waals surface area contributed by atoms with Crippen molar-refractivity contribution >= 4 is 10.1 Å². The minimum atomic E-state index is -5.63. The Hall–Kier alpha value is -1.70. The van der Waals surface area contributed by atoms with E-state index in [-0.39, 0.29) is 6.42 Å². The molecule has 0 unspecified atom stereocenters. The van der Waals surface area contributed by atoms with E-state index in [1.165, 1.54) is 7.11 Å². The Morgan fingerprint density at radius 2 is 1.80 bits per heavy atom. The highest BCUT2D eigenvalue weighted by Crippen LogP contribution is 2.27. The zero-order chi connectivity index (χ0) is 15.4. The first-order valence-corrected chi connectivity index (χ1v) is 6.88. The van der Waals surface area contributed by atoms with Crippen LogP contribution >= 0.6 is 0 Å². The maximum Gasteiger partial charge on any atom is 0.534 e. The number of methoxy groups -OCH3 is 1. The van der Waals surface area contributed by atoms with Crippen LogP contribution in [0.15, 0.2) is 36.6 Å². The van der Waals surface area contributed by atoms with Crippen LogP contribution in [0.3, 0.4) is 0 Å². The molecule has 1 aromatic rings. The van der Waals surface area contributed by atoms with Gasteiger partial charge in [0.25, 0.3) is 0 Å². The van der Waals surface area contributed by atoms with Crippen molar-refractivity contribution in [3.63, 3.8) is 0 Å². The number of halogens is 3. The van der Waals surface area contributed by atoms with Gasteiger partial charge in [-0.15, -0.1) is 0 Å². The first-order chi connectivity index (χ1) is 9.15. The summed E-state index contributed by atoms with van der Waals surface area (Å²) in [5.41, 5.74) is -4.66. The second-order valence-corrected chi connectivity index (χ2v) is 5.41. The van der Waals surface area contributed by atoms with Gasteiger partial charge in [0.15, 0.2) is 0 Å². The fraction of sp³-hybridized carbons (Fsp3) is 0.333. The van der Waals surface area contributed by atoms with Gasteiger partial charge < -0.3 is 8.92 Å². The number of aryl methyl sites for hydroxylation is 1. The number of hydrogen-bond acceptors (Lipinski definition) is 4. The van der Waals surface area contributed by atoms with Crippen molar-refractivity contribution in [2.75, 3.05) is 7.11 Å². The summed E-state index contributed by atoms with van der Waals surface area (Å²) in [4.78, 5) is 0. The van der Waals surface area contributed by atoms with Crippen LogP contribution in [0.5, 0.6) is 5.75 Å². The molecular formula is C12H13F3O4S. The van der Waals surface area contributed by atoms with E-state index in [0.29, 0.717) is 12.2 Å². The topological polar surface area (TPSA) is 52.6 Å². The molecule has 0 atom stereocenters. The highest BCUT2D eigenvalue weighted by Gasteiger charge is 2.48. The molecule has 0 aromatic heterocycles. The minimum absolute atomic E-state index is 0.0400. The maximum atomic E-state index is 12.1. The van der Waals surface area contributed by atoms with Crippen LogP contribution in [-0.4, -0.2) is 21.0 Å². The predicted octanol–water partition coefficient (Wildman–Crippen LogP) is 3.01. The molecule has 8 heteroatoms. The van der Waals surface area contributed by atoms with E-state index in [2.05, 4.69) is 10.8 Å². The van der Waals surface area contributed by atoms with E-state index in [1.807, 2.05) is 0 Å². The Bertz CT molecular complexity index is 561. The van der Waals surface area contributed by atoms with Gasteiger partial charge in [0, 0.05) is 6.42 Å². The summed E-state index contributed by atoms with van der Waals surface area (Å²) in [5.74, 6) is 0.182. The third kappa shape index (κ3) is 4.44. The normalized spacial score (nSPS) is 12.0. The highest BCUT2D eigenvalue weighted by molar-refractivity contribution is 7.87. The highest BCUT2D eigenvalue weighted by atomic mass is 32.2. The average molecular weight is 310 g/mol. The van der Waals surface area contributed by atoms with Gasteiger partial charge in [0.1, 0.15) is 11.5 Å². The molecule has 0 aliphatic heterocycles. The predicted molar refractivity (Wildman–Crippen MR) is 66.5 cm³/mol. The average Bonchev–Trinajstić information content (AvgIpc) is 2.35. The third-order valence-electron chi connectivity index (χ3n) is 2.36. The Labute approximate surface area is 114 Å². The summed E-state index contributed by atoms with van der Waals surface area (Å²) in [6.45, 7) is 3.18. The molecule has 0 heterocycles. The lowest BCUT2D eigenvalue weighted by Gasteiger charge is -2.11. The summed E-state index contributed by atoms with van der Waals surface area (Å²) in [7, 11) is -4.12. The maximum absolute atomic E-state index is 12.1. The van der Waals surface area contributed by atoms with E-state index in [0.717, 1.165) is 5.56 Å². The Kier molecular flexibility index (Phi) is 5.04. The molecule has 0 fully saturated rings. The molecule has 1 rings (SSSR count). The molecule has 1 aromatic carbocycles. The Balaban J connectivity index is 2.55. The summed E-state index contributed by atoms with van der Waals surface area (Å²) < 4.78 is 66.5. The number of hydrogen-bond donors (Lipinski definition) is 0. The molecule has 0 radical (unpaired) electrons. The van der Waals surface area contributed by atoms with E-state index in [1.54, 1.807) is 24.3 Å².